The summed E-state index contributed by atoms with van der Waals surface area (Å²) >= 11 is 0. The largest absolute Gasteiger partial charge is 0.479 e. The molecule has 0 unspecified atom stereocenters. The van der Waals surface area contributed by atoms with E-state index in [1.54, 1.807) is 7.11 Å². The number of nitrogen functional groups attached to an aromatic ring is 1. The summed E-state index contributed by atoms with van der Waals surface area (Å²) in [6.45, 7) is 3.13. The molecule has 0 aliphatic heterocycles. The summed E-state index contributed by atoms with van der Waals surface area (Å²) < 4.78 is 5.06. The minimum absolute atomic E-state index is 0.437. The third kappa shape index (κ3) is 2.98. The highest BCUT2D eigenvalue weighted by molar-refractivity contribution is 5.67. The molecule has 1 aromatic heterocycles. The summed E-state index contributed by atoms with van der Waals surface area (Å²) in [7, 11) is 3.54. The summed E-state index contributed by atoms with van der Waals surface area (Å²) in [6, 6.07) is 0. The van der Waals surface area contributed by atoms with E-state index in [2.05, 4.69) is 16.9 Å². The molecule has 2 N–H and O–H groups in total. The predicted octanol–water partition coefficient (Wildman–Crippen LogP) is 1.69. The molecule has 5 nitrogen and oxygen atoms in total. The lowest BCUT2D eigenvalue weighted by molar-refractivity contribution is 0.399. The fraction of sp³-hybridized carbons (Fsp3) is 0.636. The van der Waals surface area contributed by atoms with Gasteiger partial charge in [-0.25, -0.2) is 4.98 Å². The van der Waals surface area contributed by atoms with E-state index in [9.17, 15) is 0 Å². The van der Waals surface area contributed by atoms with Gasteiger partial charge in [0.2, 0.25) is 5.88 Å². The highest BCUT2D eigenvalue weighted by atomic mass is 16.5. The first-order chi connectivity index (χ1) is 7.70. The lowest BCUT2D eigenvalue weighted by atomic mass is 10.2. The van der Waals surface area contributed by atoms with Gasteiger partial charge < -0.3 is 15.4 Å². The molecule has 0 bridgehead atoms. The van der Waals surface area contributed by atoms with Gasteiger partial charge in [0.05, 0.1) is 7.11 Å². The zero-order chi connectivity index (χ0) is 12.0. The summed E-state index contributed by atoms with van der Waals surface area (Å²) in [4.78, 5) is 10.2. The number of ether oxygens (including phenoxy) is 1. The van der Waals surface area contributed by atoms with Crippen molar-refractivity contribution in [2.45, 2.75) is 26.2 Å². The van der Waals surface area contributed by atoms with Gasteiger partial charge in [-0.3, -0.25) is 0 Å². The van der Waals surface area contributed by atoms with Gasteiger partial charge in [0.15, 0.2) is 5.82 Å². The maximum Gasteiger partial charge on any atom is 0.242 e. The fourth-order valence-electron chi connectivity index (χ4n) is 1.54. The van der Waals surface area contributed by atoms with Crippen LogP contribution in [0.1, 0.15) is 26.2 Å². The topological polar surface area (TPSA) is 64.3 Å². The monoisotopic (exact) mass is 224 g/mol. The van der Waals surface area contributed by atoms with Gasteiger partial charge in [0.1, 0.15) is 12.0 Å². The van der Waals surface area contributed by atoms with Crippen LogP contribution in [-0.2, 0) is 0 Å². The van der Waals surface area contributed by atoms with Crippen LogP contribution in [0, 0.1) is 0 Å². The zero-order valence-electron chi connectivity index (χ0n) is 10.2. The van der Waals surface area contributed by atoms with E-state index < -0.39 is 0 Å². The van der Waals surface area contributed by atoms with Gasteiger partial charge in [-0.1, -0.05) is 19.8 Å². The lowest BCUT2D eigenvalue weighted by Crippen LogP contribution is -2.21. The van der Waals surface area contributed by atoms with Crippen LogP contribution in [0.3, 0.4) is 0 Å². The molecule has 0 fully saturated rings. The third-order valence-corrected chi connectivity index (χ3v) is 2.48. The van der Waals surface area contributed by atoms with E-state index in [-0.39, 0.29) is 0 Å². The molecular weight excluding hydrogens is 204 g/mol. The van der Waals surface area contributed by atoms with E-state index in [1.807, 2.05) is 11.9 Å². The number of methoxy groups -OCH3 is 1. The van der Waals surface area contributed by atoms with Crippen molar-refractivity contribution in [3.05, 3.63) is 6.33 Å². The second-order valence-electron chi connectivity index (χ2n) is 3.75. The first-order valence-electron chi connectivity index (χ1n) is 5.56. The zero-order valence-corrected chi connectivity index (χ0v) is 10.2. The molecule has 0 saturated carbocycles. The highest BCUT2D eigenvalue weighted by Gasteiger charge is 2.11. The molecule has 0 radical (unpaired) electrons. The number of aromatic nitrogens is 2. The smallest absolute Gasteiger partial charge is 0.242 e. The van der Waals surface area contributed by atoms with Crippen molar-refractivity contribution in [3.63, 3.8) is 0 Å². The number of unbranched alkanes of at least 4 members (excludes halogenated alkanes) is 2. The molecule has 0 amide bonds. The van der Waals surface area contributed by atoms with E-state index in [0.29, 0.717) is 11.6 Å². The number of rotatable bonds is 6. The van der Waals surface area contributed by atoms with E-state index in [1.165, 1.54) is 19.2 Å². The molecule has 0 aromatic carbocycles. The van der Waals surface area contributed by atoms with Gasteiger partial charge in [-0.15, -0.1) is 0 Å². The van der Waals surface area contributed by atoms with E-state index in [4.69, 9.17) is 10.5 Å². The molecule has 0 saturated heterocycles. The fourth-order valence-corrected chi connectivity index (χ4v) is 1.54. The molecule has 0 spiro atoms. The molecular formula is C11H20N4O. The highest BCUT2D eigenvalue weighted by Crippen LogP contribution is 2.26. The maximum absolute atomic E-state index is 5.91. The molecule has 1 heterocycles. The Morgan fingerprint density at radius 1 is 1.38 bits per heavy atom. The van der Waals surface area contributed by atoms with Crippen molar-refractivity contribution in [3.8, 4) is 5.88 Å². The van der Waals surface area contributed by atoms with Crippen molar-refractivity contribution >= 4 is 11.5 Å². The Labute approximate surface area is 96.6 Å². The minimum Gasteiger partial charge on any atom is -0.479 e. The van der Waals surface area contributed by atoms with Gasteiger partial charge >= 0.3 is 0 Å². The quantitative estimate of drug-likeness (QED) is 0.745. The molecule has 1 aromatic rings. The molecule has 90 valence electrons. The summed E-state index contributed by atoms with van der Waals surface area (Å²) in [5, 5.41) is 0. The Bertz CT molecular complexity index is 330. The third-order valence-electron chi connectivity index (χ3n) is 2.48. The number of hydrogen-bond donors (Lipinski definition) is 1. The van der Waals surface area contributed by atoms with Crippen LogP contribution >= 0.6 is 0 Å². The second-order valence-corrected chi connectivity index (χ2v) is 3.75. The SMILES string of the molecule is CCCCCN(C)c1ncnc(OC)c1N. The Morgan fingerprint density at radius 2 is 2.12 bits per heavy atom. The molecule has 0 aliphatic rings. The van der Waals surface area contributed by atoms with E-state index in [0.717, 1.165) is 18.8 Å². The number of nitrogens with two attached hydrogens (primary N) is 1. The maximum atomic E-state index is 5.91. The Kier molecular flexibility index (Phi) is 4.82. The van der Waals surface area contributed by atoms with Crippen LogP contribution in [-0.4, -0.2) is 30.7 Å². The van der Waals surface area contributed by atoms with Crippen LogP contribution in [0.4, 0.5) is 11.5 Å². The average Bonchev–Trinajstić information content (AvgIpc) is 2.29. The Morgan fingerprint density at radius 3 is 2.75 bits per heavy atom. The first kappa shape index (κ1) is 12.5. The standard InChI is InChI=1S/C11H20N4O/c1-4-5-6-7-15(2)10-9(12)11(16-3)14-8-13-10/h8H,4-7,12H2,1-3H3. The number of hydrogen-bond acceptors (Lipinski definition) is 5. The first-order valence-corrected chi connectivity index (χ1v) is 5.56. The van der Waals surface area contributed by atoms with Crippen LogP contribution in [0.15, 0.2) is 6.33 Å². The van der Waals surface area contributed by atoms with Crippen molar-refractivity contribution in [2.24, 2.45) is 0 Å². The lowest BCUT2D eigenvalue weighted by Gasteiger charge is -2.19. The minimum atomic E-state index is 0.437. The number of anilines is 2. The molecule has 0 aliphatic carbocycles. The van der Waals surface area contributed by atoms with Gasteiger partial charge in [0.25, 0.3) is 0 Å². The van der Waals surface area contributed by atoms with Crippen molar-refractivity contribution < 1.29 is 4.74 Å². The molecule has 1 rings (SSSR count). The van der Waals surface area contributed by atoms with Gasteiger partial charge in [0, 0.05) is 13.6 Å². The Hall–Kier alpha value is -1.52. The van der Waals surface area contributed by atoms with Gasteiger partial charge in [-0.2, -0.15) is 4.98 Å². The summed E-state index contributed by atoms with van der Waals surface area (Å²) in [6.07, 6.45) is 5.03. The Balaban J connectivity index is 2.71. The molecule has 0 atom stereocenters. The number of nitrogens with zero attached hydrogens (tertiary/aromatic N) is 3. The average molecular weight is 224 g/mol. The summed E-state index contributed by atoms with van der Waals surface area (Å²) in [5.41, 5.74) is 6.41. The van der Waals surface area contributed by atoms with Crippen LogP contribution < -0.4 is 15.4 Å². The van der Waals surface area contributed by atoms with Crippen molar-refractivity contribution in [1.29, 1.82) is 0 Å². The summed E-state index contributed by atoms with van der Waals surface area (Å²) in [5.74, 6) is 1.18. The van der Waals surface area contributed by atoms with Crippen molar-refractivity contribution in [2.75, 3.05) is 31.3 Å². The van der Waals surface area contributed by atoms with Crippen LogP contribution in [0.2, 0.25) is 0 Å². The van der Waals surface area contributed by atoms with E-state index >= 15 is 0 Å². The molecule has 16 heavy (non-hydrogen) atoms. The van der Waals surface area contributed by atoms with Crippen LogP contribution in [0.5, 0.6) is 5.88 Å². The second kappa shape index (κ2) is 6.15. The van der Waals surface area contributed by atoms with Gasteiger partial charge in [-0.05, 0) is 6.42 Å². The molecule has 5 heteroatoms. The predicted molar refractivity (Wildman–Crippen MR) is 65.8 cm³/mol. The van der Waals surface area contributed by atoms with Crippen LogP contribution in [0.25, 0.3) is 0 Å². The van der Waals surface area contributed by atoms with Crippen molar-refractivity contribution in [1.82, 2.24) is 9.97 Å². The normalized spacial score (nSPS) is 10.2.